The molecule has 8 nitrogen and oxygen atoms in total. The van der Waals surface area contributed by atoms with Gasteiger partial charge in [0.25, 0.3) is 10.0 Å². The van der Waals surface area contributed by atoms with Crippen LogP contribution in [-0.4, -0.2) is 33.9 Å². The van der Waals surface area contributed by atoms with Gasteiger partial charge < -0.3 is 18.7 Å². The minimum Gasteiger partial charge on any atom is -0.495 e. The third kappa shape index (κ3) is 3.48. The van der Waals surface area contributed by atoms with Crippen LogP contribution in [0.3, 0.4) is 0 Å². The Kier molecular flexibility index (Phi) is 4.60. The first-order chi connectivity index (χ1) is 13.5. The first-order valence-corrected chi connectivity index (χ1v) is 9.99. The fourth-order valence-electron chi connectivity index (χ4n) is 2.86. The van der Waals surface area contributed by atoms with Gasteiger partial charge in [-0.2, -0.15) is 0 Å². The van der Waals surface area contributed by atoms with E-state index in [9.17, 15) is 8.42 Å². The van der Waals surface area contributed by atoms with Gasteiger partial charge in [-0.05, 0) is 37.3 Å². The fraction of sp³-hybridized carbons (Fsp3) is 0.211. The topological polar surface area (TPSA) is 99.9 Å². The maximum Gasteiger partial charge on any atom is 0.265 e. The van der Waals surface area contributed by atoms with Crippen LogP contribution in [0.4, 0.5) is 5.69 Å². The van der Waals surface area contributed by atoms with Gasteiger partial charge in [0, 0.05) is 17.7 Å². The number of sulfonamides is 1. The third-order valence-electron chi connectivity index (χ3n) is 4.16. The van der Waals surface area contributed by atoms with Crippen LogP contribution in [0.1, 0.15) is 5.69 Å². The highest BCUT2D eigenvalue weighted by Crippen LogP contribution is 2.35. The highest BCUT2D eigenvalue weighted by molar-refractivity contribution is 7.92. The molecule has 146 valence electrons. The number of aromatic nitrogens is 1. The molecule has 0 unspecified atom stereocenters. The molecule has 2 aromatic carbocycles. The van der Waals surface area contributed by atoms with Gasteiger partial charge in [-0.3, -0.25) is 4.72 Å². The Balaban J connectivity index is 1.65. The minimum absolute atomic E-state index is 0.00452. The molecule has 28 heavy (non-hydrogen) atoms. The van der Waals surface area contributed by atoms with Crippen LogP contribution in [0.15, 0.2) is 51.9 Å². The minimum atomic E-state index is -3.89. The maximum absolute atomic E-state index is 12.9. The number of anilines is 1. The van der Waals surface area contributed by atoms with Crippen LogP contribution >= 0.6 is 0 Å². The normalized spacial score (nSPS) is 13.2. The fourth-order valence-corrected chi connectivity index (χ4v) is 4.06. The largest absolute Gasteiger partial charge is 0.495 e. The van der Waals surface area contributed by atoms with Crippen molar-refractivity contribution < 1.29 is 27.2 Å². The van der Waals surface area contributed by atoms with Gasteiger partial charge in [0.15, 0.2) is 17.3 Å². The van der Waals surface area contributed by atoms with Gasteiger partial charge in [-0.1, -0.05) is 5.16 Å². The number of nitrogens with one attached hydrogen (secondary N) is 1. The second-order valence-electron chi connectivity index (χ2n) is 6.16. The van der Waals surface area contributed by atoms with Crippen molar-refractivity contribution in [2.75, 3.05) is 25.0 Å². The number of nitrogens with zero attached hydrogens (tertiary/aromatic N) is 1. The number of hydrogen-bond acceptors (Lipinski definition) is 7. The van der Waals surface area contributed by atoms with Gasteiger partial charge >= 0.3 is 0 Å². The van der Waals surface area contributed by atoms with Crippen LogP contribution in [0.2, 0.25) is 0 Å². The van der Waals surface area contributed by atoms with Gasteiger partial charge in [0.05, 0.1) is 18.5 Å². The first kappa shape index (κ1) is 18.2. The summed E-state index contributed by atoms with van der Waals surface area (Å²) in [5.41, 5.74) is 1.75. The molecular formula is C19H18N2O6S. The molecule has 0 amide bonds. The number of hydrogen-bond donors (Lipinski definition) is 1. The molecule has 1 N–H and O–H groups in total. The van der Waals surface area contributed by atoms with Gasteiger partial charge in [-0.25, -0.2) is 8.42 Å². The van der Waals surface area contributed by atoms with Crippen molar-refractivity contribution in [3.8, 4) is 28.6 Å². The predicted molar refractivity (Wildman–Crippen MR) is 101 cm³/mol. The maximum atomic E-state index is 12.9. The van der Waals surface area contributed by atoms with Crippen LogP contribution in [0.5, 0.6) is 17.2 Å². The van der Waals surface area contributed by atoms with Crippen molar-refractivity contribution in [2.24, 2.45) is 0 Å². The Morgan fingerprint density at radius 2 is 1.82 bits per heavy atom. The van der Waals surface area contributed by atoms with Crippen molar-refractivity contribution in [1.29, 1.82) is 0 Å². The van der Waals surface area contributed by atoms with Crippen LogP contribution in [-0.2, 0) is 10.0 Å². The molecule has 1 aliphatic heterocycles. The Labute approximate surface area is 162 Å². The molecule has 0 aliphatic carbocycles. The summed E-state index contributed by atoms with van der Waals surface area (Å²) in [7, 11) is -2.48. The second kappa shape index (κ2) is 7.08. The number of aryl methyl sites for hydroxylation is 1. The Morgan fingerprint density at radius 1 is 1.04 bits per heavy atom. The van der Waals surface area contributed by atoms with Gasteiger partial charge in [0.2, 0.25) is 0 Å². The lowest BCUT2D eigenvalue weighted by molar-refractivity contribution is 0.171. The van der Waals surface area contributed by atoms with Gasteiger partial charge in [-0.15, -0.1) is 0 Å². The van der Waals surface area contributed by atoms with E-state index in [4.69, 9.17) is 18.7 Å². The Hall–Kier alpha value is -3.20. The Morgan fingerprint density at radius 3 is 2.54 bits per heavy atom. The van der Waals surface area contributed by atoms with E-state index in [-0.39, 0.29) is 10.6 Å². The summed E-state index contributed by atoms with van der Waals surface area (Å²) in [5, 5.41) is 3.84. The van der Waals surface area contributed by atoms with E-state index in [2.05, 4.69) is 9.88 Å². The summed E-state index contributed by atoms with van der Waals surface area (Å²) in [6, 6.07) is 11.3. The zero-order valence-corrected chi connectivity index (χ0v) is 16.1. The average molecular weight is 402 g/mol. The molecule has 0 bridgehead atoms. The van der Waals surface area contributed by atoms with Crippen LogP contribution in [0.25, 0.3) is 11.3 Å². The molecule has 0 spiro atoms. The van der Waals surface area contributed by atoms with E-state index in [0.717, 1.165) is 5.69 Å². The highest BCUT2D eigenvalue weighted by Gasteiger charge is 2.22. The Bertz CT molecular complexity index is 1120. The lowest BCUT2D eigenvalue weighted by Gasteiger charge is -2.19. The number of fused-ring (bicyclic) bond motifs is 1. The molecule has 0 radical (unpaired) electrons. The molecule has 1 aliphatic rings. The highest BCUT2D eigenvalue weighted by atomic mass is 32.2. The van der Waals surface area contributed by atoms with E-state index in [0.29, 0.717) is 41.7 Å². The van der Waals surface area contributed by atoms with E-state index >= 15 is 0 Å². The molecule has 3 aromatic rings. The lowest BCUT2D eigenvalue weighted by Crippen LogP contribution is -2.17. The molecular weight excluding hydrogens is 384 g/mol. The van der Waals surface area contributed by atoms with E-state index in [1.165, 1.54) is 13.2 Å². The van der Waals surface area contributed by atoms with E-state index < -0.39 is 10.0 Å². The summed E-state index contributed by atoms with van der Waals surface area (Å²) in [6.45, 7) is 2.69. The number of benzene rings is 2. The summed E-state index contributed by atoms with van der Waals surface area (Å²) in [4.78, 5) is 0.00452. The molecule has 2 heterocycles. The zero-order valence-electron chi connectivity index (χ0n) is 15.3. The van der Waals surface area contributed by atoms with Crippen molar-refractivity contribution in [3.05, 3.63) is 48.2 Å². The van der Waals surface area contributed by atoms with Crippen LogP contribution in [0, 0.1) is 6.92 Å². The molecule has 1 aromatic heterocycles. The number of rotatable bonds is 5. The van der Waals surface area contributed by atoms with Crippen molar-refractivity contribution in [3.63, 3.8) is 0 Å². The SMILES string of the molecule is COc1cc(-c2cc(C)no2)ccc1S(=O)(=O)Nc1ccc2c(c1)OCCO2. The lowest BCUT2D eigenvalue weighted by atomic mass is 10.1. The zero-order chi connectivity index (χ0) is 19.7. The second-order valence-corrected chi connectivity index (χ2v) is 7.81. The molecule has 0 saturated carbocycles. The monoisotopic (exact) mass is 402 g/mol. The molecule has 4 rings (SSSR count). The summed E-state index contributed by atoms with van der Waals surface area (Å²) >= 11 is 0. The molecule has 0 saturated heterocycles. The average Bonchev–Trinajstić information content (AvgIpc) is 3.13. The van der Waals surface area contributed by atoms with E-state index in [1.54, 1.807) is 43.3 Å². The summed E-state index contributed by atoms with van der Waals surface area (Å²) in [5.74, 6) is 1.80. The van der Waals surface area contributed by atoms with Crippen LogP contribution < -0.4 is 18.9 Å². The quantitative estimate of drug-likeness (QED) is 0.699. The molecule has 0 atom stereocenters. The summed E-state index contributed by atoms with van der Waals surface area (Å²) < 4.78 is 49.8. The van der Waals surface area contributed by atoms with E-state index in [1.807, 2.05) is 0 Å². The van der Waals surface area contributed by atoms with Crippen molar-refractivity contribution in [1.82, 2.24) is 5.16 Å². The van der Waals surface area contributed by atoms with Crippen molar-refractivity contribution in [2.45, 2.75) is 11.8 Å². The first-order valence-electron chi connectivity index (χ1n) is 8.50. The number of methoxy groups -OCH3 is 1. The standard InChI is InChI=1S/C19H18N2O6S/c1-12-9-16(27-20-12)13-3-6-19(18(10-13)24-2)28(22,23)21-14-4-5-15-17(11-14)26-8-7-25-15/h3-6,9-11,21H,7-8H2,1-2H3. The van der Waals surface area contributed by atoms with Gasteiger partial charge in [0.1, 0.15) is 23.9 Å². The third-order valence-corrected chi connectivity index (χ3v) is 5.58. The summed E-state index contributed by atoms with van der Waals surface area (Å²) in [6.07, 6.45) is 0. The molecule has 0 fully saturated rings. The smallest absolute Gasteiger partial charge is 0.265 e. The number of ether oxygens (including phenoxy) is 3. The molecule has 9 heteroatoms. The van der Waals surface area contributed by atoms with Crippen molar-refractivity contribution >= 4 is 15.7 Å². The predicted octanol–water partition coefficient (Wildman–Crippen LogP) is 3.23.